The second-order valence-corrected chi connectivity index (χ2v) is 8.75. The molecule has 1 aliphatic heterocycles. The minimum absolute atomic E-state index is 0.110. The van der Waals surface area contributed by atoms with Crippen molar-refractivity contribution in [2.75, 3.05) is 29.0 Å². The van der Waals surface area contributed by atoms with Crippen LogP contribution < -0.4 is 16.0 Å². The Balaban J connectivity index is 1.59. The molecule has 0 bridgehead atoms. The van der Waals surface area contributed by atoms with Crippen LogP contribution in [0.4, 0.5) is 22.7 Å². The lowest BCUT2D eigenvalue weighted by Gasteiger charge is -2.18. The van der Waals surface area contributed by atoms with Crippen molar-refractivity contribution in [2.45, 2.75) is 19.4 Å². The molecular weight excluding hydrogens is 464 g/mol. The summed E-state index contributed by atoms with van der Waals surface area (Å²) in [5.41, 5.74) is 6.01. The fraction of sp³-hybridized carbons (Fsp3) is 0.172. The zero-order chi connectivity index (χ0) is 26.2. The van der Waals surface area contributed by atoms with Gasteiger partial charge in [-0.05, 0) is 54.5 Å². The molecule has 8 heteroatoms. The second kappa shape index (κ2) is 11.8. The number of hydrogen-bond acceptors (Lipinski definition) is 5. The van der Waals surface area contributed by atoms with E-state index in [4.69, 9.17) is 5.41 Å². The summed E-state index contributed by atoms with van der Waals surface area (Å²) < 4.78 is 0. The lowest BCUT2D eigenvalue weighted by atomic mass is 9.99. The average Bonchev–Trinajstić information content (AvgIpc) is 3.38. The van der Waals surface area contributed by atoms with Crippen LogP contribution in [0.2, 0.25) is 0 Å². The number of carbonyl (C=O) groups excluding carboxylic acids is 2. The van der Waals surface area contributed by atoms with Gasteiger partial charge in [0, 0.05) is 60.5 Å². The van der Waals surface area contributed by atoms with Gasteiger partial charge in [-0.1, -0.05) is 36.9 Å². The topological polar surface area (TPSA) is 110 Å². The van der Waals surface area contributed by atoms with E-state index in [-0.39, 0.29) is 17.9 Å². The van der Waals surface area contributed by atoms with Crippen LogP contribution in [0, 0.1) is 5.41 Å². The first kappa shape index (κ1) is 25.4. The van der Waals surface area contributed by atoms with E-state index in [2.05, 4.69) is 27.5 Å². The van der Waals surface area contributed by atoms with Gasteiger partial charge in [0.2, 0.25) is 11.8 Å². The maximum Gasteiger partial charge on any atom is 0.247 e. The summed E-state index contributed by atoms with van der Waals surface area (Å²) in [6, 6.07) is 21.7. The van der Waals surface area contributed by atoms with Gasteiger partial charge in [-0.15, -0.1) is 0 Å². The molecule has 3 aromatic carbocycles. The van der Waals surface area contributed by atoms with Crippen LogP contribution in [0.1, 0.15) is 18.9 Å². The van der Waals surface area contributed by atoms with Crippen molar-refractivity contribution in [1.82, 2.24) is 4.90 Å². The Morgan fingerprint density at radius 2 is 1.81 bits per heavy atom. The first-order valence-corrected chi connectivity index (χ1v) is 12.0. The van der Waals surface area contributed by atoms with Gasteiger partial charge in [0.05, 0.1) is 5.69 Å². The molecule has 3 aromatic rings. The number of para-hydroxylation sites is 1. The molecular formula is C29H30N6O2. The number of nitrogens with zero attached hydrogens (tertiary/aromatic N) is 2. The highest BCUT2D eigenvalue weighted by Crippen LogP contribution is 2.34. The summed E-state index contributed by atoms with van der Waals surface area (Å²) >= 11 is 0. The maximum atomic E-state index is 11.8. The molecule has 1 fully saturated rings. The molecule has 37 heavy (non-hydrogen) atoms. The van der Waals surface area contributed by atoms with E-state index in [0.717, 1.165) is 53.1 Å². The van der Waals surface area contributed by atoms with Crippen LogP contribution in [-0.2, 0) is 9.59 Å². The van der Waals surface area contributed by atoms with E-state index in [1.807, 2.05) is 71.6 Å². The van der Waals surface area contributed by atoms with Crippen molar-refractivity contribution in [3.05, 3.63) is 84.9 Å². The third-order valence-electron chi connectivity index (χ3n) is 6.17. The minimum Gasteiger partial charge on any atom is -0.380 e. The molecule has 4 N–H and O–H groups in total. The van der Waals surface area contributed by atoms with E-state index in [1.54, 1.807) is 13.1 Å². The van der Waals surface area contributed by atoms with Gasteiger partial charge in [0.25, 0.3) is 0 Å². The van der Waals surface area contributed by atoms with Gasteiger partial charge in [-0.3, -0.25) is 15.0 Å². The number of hydrogen-bond donors (Lipinski definition) is 4. The molecule has 0 spiro atoms. The van der Waals surface area contributed by atoms with E-state index < -0.39 is 0 Å². The van der Waals surface area contributed by atoms with E-state index in [1.165, 1.54) is 6.08 Å². The summed E-state index contributed by atoms with van der Waals surface area (Å²) in [6.07, 6.45) is 4.80. The van der Waals surface area contributed by atoms with Crippen LogP contribution in [0.15, 0.2) is 84.4 Å². The summed E-state index contributed by atoms with van der Waals surface area (Å²) in [5.74, 6) is -0.166. The monoisotopic (exact) mass is 494 g/mol. The molecule has 2 amide bonds. The van der Waals surface area contributed by atoms with Crippen LogP contribution in [-0.4, -0.2) is 48.4 Å². The van der Waals surface area contributed by atoms with Crippen molar-refractivity contribution in [3.63, 3.8) is 0 Å². The highest BCUT2D eigenvalue weighted by molar-refractivity contribution is 6.01. The second-order valence-electron chi connectivity index (χ2n) is 8.75. The zero-order valence-corrected chi connectivity index (χ0v) is 20.7. The molecule has 0 saturated carbocycles. The minimum atomic E-state index is -0.275. The first-order valence-electron chi connectivity index (χ1n) is 12.0. The Kier molecular flexibility index (Phi) is 8.10. The van der Waals surface area contributed by atoms with Crippen LogP contribution in [0.5, 0.6) is 0 Å². The van der Waals surface area contributed by atoms with Crippen molar-refractivity contribution in [1.29, 1.82) is 5.41 Å². The standard InChI is InChI=1S/C29H30N6O2/c1-3-28(37)33-25-8-4-6-21(16-25)27-9-5-7-22(17-31-19-30)29(27)34-24-12-10-23(11-13-24)32-26-14-15-35(18-26)20(2)36/h3-13,16-17,19,26,30,32,34H,1,14-15,18H2,2H3,(H,33,37). The SMILES string of the molecule is C=CC(=O)Nc1cccc(-c2cccc(C=NC=N)c2Nc2ccc(NC3CCN(C(C)=O)C3)cc2)c1. The van der Waals surface area contributed by atoms with Gasteiger partial charge < -0.3 is 20.9 Å². The van der Waals surface area contributed by atoms with Gasteiger partial charge in [0.15, 0.2) is 0 Å². The normalized spacial score (nSPS) is 14.8. The molecule has 1 atom stereocenters. The number of carbonyl (C=O) groups is 2. The van der Waals surface area contributed by atoms with Crippen LogP contribution >= 0.6 is 0 Å². The van der Waals surface area contributed by atoms with Gasteiger partial charge in [-0.2, -0.15) is 0 Å². The molecule has 4 rings (SSSR count). The Bertz CT molecular complexity index is 1330. The number of nitrogens with one attached hydrogen (secondary N) is 4. The highest BCUT2D eigenvalue weighted by atomic mass is 16.2. The van der Waals surface area contributed by atoms with Crippen molar-refractivity contribution >= 4 is 47.1 Å². The summed E-state index contributed by atoms with van der Waals surface area (Å²) in [7, 11) is 0. The van der Waals surface area contributed by atoms with Crippen molar-refractivity contribution in [3.8, 4) is 11.1 Å². The van der Waals surface area contributed by atoms with Crippen molar-refractivity contribution < 1.29 is 9.59 Å². The molecule has 1 heterocycles. The van der Waals surface area contributed by atoms with E-state index in [9.17, 15) is 9.59 Å². The Hall–Kier alpha value is -4.72. The van der Waals surface area contributed by atoms with E-state index in [0.29, 0.717) is 12.2 Å². The summed E-state index contributed by atoms with van der Waals surface area (Å²) in [6.45, 7) is 6.61. The number of rotatable bonds is 9. The third kappa shape index (κ3) is 6.49. The molecule has 0 radical (unpaired) electrons. The molecule has 1 unspecified atom stereocenters. The molecule has 0 aliphatic carbocycles. The van der Waals surface area contributed by atoms with Crippen LogP contribution in [0.3, 0.4) is 0 Å². The molecule has 188 valence electrons. The summed E-state index contributed by atoms with van der Waals surface area (Å²) in [5, 5.41) is 17.1. The zero-order valence-electron chi connectivity index (χ0n) is 20.7. The maximum absolute atomic E-state index is 11.8. The predicted molar refractivity (Wildman–Crippen MR) is 151 cm³/mol. The summed E-state index contributed by atoms with van der Waals surface area (Å²) in [4.78, 5) is 29.3. The molecule has 8 nitrogen and oxygen atoms in total. The molecule has 0 aromatic heterocycles. The van der Waals surface area contributed by atoms with Gasteiger partial charge in [0.1, 0.15) is 6.34 Å². The quantitative estimate of drug-likeness (QED) is 0.184. The third-order valence-corrected chi connectivity index (χ3v) is 6.17. The van der Waals surface area contributed by atoms with Crippen LogP contribution in [0.25, 0.3) is 11.1 Å². The molecule has 1 aliphatic rings. The first-order chi connectivity index (χ1) is 18.0. The number of likely N-dealkylation sites (tertiary alicyclic amines) is 1. The lowest BCUT2D eigenvalue weighted by Crippen LogP contribution is -2.29. The highest BCUT2D eigenvalue weighted by Gasteiger charge is 2.23. The fourth-order valence-electron chi connectivity index (χ4n) is 4.33. The number of anilines is 4. The van der Waals surface area contributed by atoms with Gasteiger partial charge >= 0.3 is 0 Å². The largest absolute Gasteiger partial charge is 0.380 e. The van der Waals surface area contributed by atoms with Crippen molar-refractivity contribution in [2.24, 2.45) is 4.99 Å². The van der Waals surface area contributed by atoms with E-state index >= 15 is 0 Å². The Labute approximate surface area is 216 Å². The lowest BCUT2D eigenvalue weighted by molar-refractivity contribution is -0.127. The predicted octanol–water partition coefficient (Wildman–Crippen LogP) is 5.28. The number of benzene rings is 3. The number of amides is 2. The Morgan fingerprint density at radius 1 is 1.05 bits per heavy atom. The smallest absolute Gasteiger partial charge is 0.247 e. The fourth-order valence-corrected chi connectivity index (χ4v) is 4.33. The average molecular weight is 495 g/mol. The Morgan fingerprint density at radius 3 is 2.51 bits per heavy atom. The van der Waals surface area contributed by atoms with Gasteiger partial charge in [-0.25, -0.2) is 4.99 Å². The molecule has 1 saturated heterocycles. The number of aliphatic imine (C=N–C) groups is 1.